The molecular formula is C18H28N2. The minimum absolute atomic E-state index is 0.421. The first kappa shape index (κ1) is 14.1. The Kier molecular flexibility index (Phi) is 4.13. The highest BCUT2D eigenvalue weighted by Crippen LogP contribution is 2.39. The van der Waals surface area contributed by atoms with Gasteiger partial charge in [0.2, 0.25) is 0 Å². The normalized spacial score (nSPS) is 20.6. The van der Waals surface area contributed by atoms with Crippen LogP contribution in [0.3, 0.4) is 0 Å². The minimum Gasteiger partial charge on any atom is -0.329 e. The van der Waals surface area contributed by atoms with Crippen molar-refractivity contribution in [3.8, 4) is 0 Å². The zero-order chi connectivity index (χ0) is 14.1. The molecule has 0 aromatic heterocycles. The van der Waals surface area contributed by atoms with E-state index in [0.29, 0.717) is 12.0 Å². The van der Waals surface area contributed by atoms with Gasteiger partial charge in [-0.2, -0.15) is 0 Å². The van der Waals surface area contributed by atoms with E-state index in [-0.39, 0.29) is 0 Å². The van der Waals surface area contributed by atoms with E-state index < -0.39 is 0 Å². The zero-order valence-electron chi connectivity index (χ0n) is 12.9. The second-order valence-corrected chi connectivity index (χ2v) is 6.94. The van der Waals surface area contributed by atoms with Gasteiger partial charge in [0.05, 0.1) is 0 Å². The Hall–Kier alpha value is -0.860. The molecule has 0 heterocycles. The van der Waals surface area contributed by atoms with Crippen LogP contribution in [0.25, 0.3) is 0 Å². The highest BCUT2D eigenvalue weighted by molar-refractivity contribution is 5.27. The van der Waals surface area contributed by atoms with Crippen molar-refractivity contribution in [1.82, 2.24) is 4.90 Å². The quantitative estimate of drug-likeness (QED) is 0.820. The predicted molar refractivity (Wildman–Crippen MR) is 84.8 cm³/mol. The van der Waals surface area contributed by atoms with Gasteiger partial charge < -0.3 is 5.73 Å². The fourth-order valence-electron chi connectivity index (χ4n) is 3.10. The number of nitrogens with two attached hydrogens (primary N) is 1. The maximum Gasteiger partial charge on any atom is 0.0473 e. The Morgan fingerprint density at radius 1 is 1.05 bits per heavy atom. The molecule has 0 spiro atoms. The number of nitrogens with zero attached hydrogens (tertiary/aromatic N) is 1. The first-order chi connectivity index (χ1) is 9.69. The van der Waals surface area contributed by atoms with E-state index in [2.05, 4.69) is 43.0 Å². The van der Waals surface area contributed by atoms with E-state index in [4.69, 9.17) is 5.73 Å². The highest BCUT2D eigenvalue weighted by Gasteiger charge is 2.37. The molecule has 0 bridgehead atoms. The lowest BCUT2D eigenvalue weighted by atomic mass is 9.98. The molecule has 2 fully saturated rings. The average Bonchev–Trinajstić information content (AvgIpc) is 3.32. The lowest BCUT2D eigenvalue weighted by molar-refractivity contribution is 0.183. The molecule has 0 amide bonds. The maximum atomic E-state index is 6.12. The van der Waals surface area contributed by atoms with Crippen molar-refractivity contribution >= 4 is 0 Å². The fraction of sp³-hybridized carbons (Fsp3) is 0.667. The third-order valence-corrected chi connectivity index (χ3v) is 4.79. The molecule has 2 aliphatic carbocycles. The van der Waals surface area contributed by atoms with Gasteiger partial charge in [-0.3, -0.25) is 4.90 Å². The largest absolute Gasteiger partial charge is 0.329 e. The van der Waals surface area contributed by atoms with Crippen molar-refractivity contribution in [2.45, 2.75) is 57.5 Å². The van der Waals surface area contributed by atoms with E-state index in [1.165, 1.54) is 43.4 Å². The summed E-state index contributed by atoms with van der Waals surface area (Å²) in [7, 11) is 0. The van der Waals surface area contributed by atoms with Gasteiger partial charge in [-0.15, -0.1) is 0 Å². The van der Waals surface area contributed by atoms with Crippen LogP contribution >= 0.6 is 0 Å². The summed E-state index contributed by atoms with van der Waals surface area (Å²) >= 11 is 0. The monoisotopic (exact) mass is 272 g/mol. The predicted octanol–water partition coefficient (Wildman–Crippen LogP) is 3.68. The zero-order valence-corrected chi connectivity index (χ0v) is 12.9. The fourth-order valence-corrected chi connectivity index (χ4v) is 3.10. The van der Waals surface area contributed by atoms with E-state index in [0.717, 1.165) is 18.5 Å². The topological polar surface area (TPSA) is 29.3 Å². The van der Waals surface area contributed by atoms with Crippen molar-refractivity contribution < 1.29 is 0 Å². The lowest BCUT2D eigenvalue weighted by Gasteiger charge is -2.31. The molecular weight excluding hydrogens is 244 g/mol. The molecule has 1 aromatic carbocycles. The molecule has 0 radical (unpaired) electrons. The van der Waals surface area contributed by atoms with Gasteiger partial charge in [-0.25, -0.2) is 0 Å². The molecule has 0 aliphatic heterocycles. The second kappa shape index (κ2) is 5.87. The van der Waals surface area contributed by atoms with Gasteiger partial charge in [0.1, 0.15) is 0 Å². The first-order valence-electron chi connectivity index (χ1n) is 8.24. The number of rotatable bonds is 7. The van der Waals surface area contributed by atoms with Crippen LogP contribution in [0.1, 0.15) is 62.6 Å². The molecule has 1 atom stereocenters. The van der Waals surface area contributed by atoms with Crippen molar-refractivity contribution in [3.63, 3.8) is 0 Å². The SMILES string of the molecule is CC(C)c1ccc(C(CN)N(CC2CC2)C2CC2)cc1. The minimum atomic E-state index is 0.421. The molecule has 2 N–H and O–H groups in total. The van der Waals surface area contributed by atoms with Crippen molar-refractivity contribution in [3.05, 3.63) is 35.4 Å². The van der Waals surface area contributed by atoms with E-state index in [1.54, 1.807) is 0 Å². The maximum absolute atomic E-state index is 6.12. The Labute approximate surface area is 123 Å². The molecule has 1 unspecified atom stereocenters. The Morgan fingerprint density at radius 3 is 2.10 bits per heavy atom. The molecule has 2 saturated carbocycles. The van der Waals surface area contributed by atoms with Gasteiger partial charge in [0.25, 0.3) is 0 Å². The molecule has 20 heavy (non-hydrogen) atoms. The van der Waals surface area contributed by atoms with Crippen LogP contribution in [0.4, 0.5) is 0 Å². The summed E-state index contributed by atoms with van der Waals surface area (Å²) in [6.45, 7) is 6.50. The molecule has 0 saturated heterocycles. The van der Waals surface area contributed by atoms with Crippen molar-refractivity contribution in [2.24, 2.45) is 11.7 Å². The summed E-state index contributed by atoms with van der Waals surface area (Å²) < 4.78 is 0. The summed E-state index contributed by atoms with van der Waals surface area (Å²) in [5.41, 5.74) is 8.95. The van der Waals surface area contributed by atoms with Crippen LogP contribution in [-0.2, 0) is 0 Å². The van der Waals surface area contributed by atoms with Gasteiger partial charge in [0, 0.05) is 25.2 Å². The smallest absolute Gasteiger partial charge is 0.0473 e. The molecule has 2 heteroatoms. The van der Waals surface area contributed by atoms with E-state index in [9.17, 15) is 0 Å². The molecule has 110 valence electrons. The molecule has 3 rings (SSSR count). The van der Waals surface area contributed by atoms with Crippen LogP contribution < -0.4 is 5.73 Å². The molecule has 2 nitrogen and oxygen atoms in total. The Morgan fingerprint density at radius 2 is 1.65 bits per heavy atom. The van der Waals surface area contributed by atoms with Gasteiger partial charge in [-0.05, 0) is 48.6 Å². The number of benzene rings is 1. The highest BCUT2D eigenvalue weighted by atomic mass is 15.2. The summed E-state index contributed by atoms with van der Waals surface area (Å²) in [5.74, 6) is 1.55. The summed E-state index contributed by atoms with van der Waals surface area (Å²) in [6, 6.07) is 10.4. The average molecular weight is 272 g/mol. The Balaban J connectivity index is 1.75. The van der Waals surface area contributed by atoms with Crippen molar-refractivity contribution in [2.75, 3.05) is 13.1 Å². The van der Waals surface area contributed by atoms with Crippen LogP contribution in [0.5, 0.6) is 0 Å². The summed E-state index contributed by atoms with van der Waals surface area (Å²) in [4.78, 5) is 2.70. The third kappa shape index (κ3) is 3.24. The van der Waals surface area contributed by atoms with Gasteiger partial charge in [-0.1, -0.05) is 38.1 Å². The van der Waals surface area contributed by atoms with E-state index >= 15 is 0 Å². The molecule has 2 aliphatic rings. The summed E-state index contributed by atoms with van der Waals surface area (Å²) in [6.07, 6.45) is 5.58. The van der Waals surface area contributed by atoms with Crippen LogP contribution in [0.15, 0.2) is 24.3 Å². The van der Waals surface area contributed by atoms with Gasteiger partial charge >= 0.3 is 0 Å². The number of hydrogen-bond donors (Lipinski definition) is 1. The lowest BCUT2D eigenvalue weighted by Crippen LogP contribution is -2.37. The van der Waals surface area contributed by atoms with Gasteiger partial charge in [0.15, 0.2) is 0 Å². The van der Waals surface area contributed by atoms with Crippen LogP contribution in [0, 0.1) is 5.92 Å². The second-order valence-electron chi connectivity index (χ2n) is 6.94. The standard InChI is InChI=1S/C18H28N2/c1-13(2)15-5-7-16(8-6-15)18(11-19)20(17-9-10-17)12-14-3-4-14/h5-8,13-14,17-18H,3-4,9-12,19H2,1-2H3. The van der Waals surface area contributed by atoms with E-state index in [1.807, 2.05) is 0 Å². The number of hydrogen-bond acceptors (Lipinski definition) is 2. The van der Waals surface area contributed by atoms with Crippen LogP contribution in [0.2, 0.25) is 0 Å². The first-order valence-corrected chi connectivity index (χ1v) is 8.24. The van der Waals surface area contributed by atoms with Crippen molar-refractivity contribution in [1.29, 1.82) is 0 Å². The summed E-state index contributed by atoms with van der Waals surface area (Å²) in [5, 5.41) is 0. The van der Waals surface area contributed by atoms with Crippen LogP contribution in [-0.4, -0.2) is 24.0 Å². The Bertz CT molecular complexity index is 429. The molecule has 1 aromatic rings. The third-order valence-electron chi connectivity index (χ3n) is 4.79.